The number of para-hydroxylation sites is 1. The van der Waals surface area contributed by atoms with Crippen LogP contribution in [0, 0.1) is 6.92 Å². The second-order valence-electron chi connectivity index (χ2n) is 9.87. The molecular weight excluding hydrogens is 587 g/mol. The lowest BCUT2D eigenvalue weighted by Gasteiger charge is -2.21. The summed E-state index contributed by atoms with van der Waals surface area (Å²) < 4.78 is 6.08. The van der Waals surface area contributed by atoms with Gasteiger partial charge in [0, 0.05) is 53.9 Å². The van der Waals surface area contributed by atoms with Crippen molar-refractivity contribution in [1.82, 2.24) is 15.2 Å². The Morgan fingerprint density at radius 1 is 0.977 bits per heavy atom. The van der Waals surface area contributed by atoms with Crippen LogP contribution in [0.4, 0.5) is 5.69 Å². The lowest BCUT2D eigenvalue weighted by Crippen LogP contribution is -2.37. The number of halogens is 2. The number of fused-ring (bicyclic) bond motifs is 1. The molecule has 3 aromatic carbocycles. The number of hydrogen-bond donors (Lipinski definition) is 1. The highest BCUT2D eigenvalue weighted by molar-refractivity contribution is 6.38. The Kier molecular flexibility index (Phi) is 10.4. The number of carbonyl (C=O) groups is 3. The van der Waals surface area contributed by atoms with Crippen LogP contribution in [-0.4, -0.2) is 54.8 Å². The number of carbonyl (C=O) groups excluding carboxylic acids is 3. The maximum absolute atomic E-state index is 12.9. The van der Waals surface area contributed by atoms with Crippen molar-refractivity contribution < 1.29 is 19.1 Å². The SMILES string of the molecule is CCN(C)C(=O)c1ccc(C=CC(=O)NCC(=O)N(C)c2ccc(Cl)c(COc3cccc4ccc(C)nc34)c2Cl)cc1. The number of aryl methyl sites for hydroxylation is 1. The van der Waals surface area contributed by atoms with E-state index in [0.29, 0.717) is 34.1 Å². The molecular formula is C33H32Cl2N4O4. The van der Waals surface area contributed by atoms with Gasteiger partial charge in [0.1, 0.15) is 17.9 Å². The molecule has 0 fully saturated rings. The highest BCUT2D eigenvalue weighted by atomic mass is 35.5. The molecule has 0 saturated heterocycles. The first-order chi connectivity index (χ1) is 20.6. The zero-order chi connectivity index (χ0) is 31.1. The Morgan fingerprint density at radius 2 is 1.72 bits per heavy atom. The van der Waals surface area contributed by atoms with Crippen molar-refractivity contribution in [3.8, 4) is 5.75 Å². The molecule has 0 saturated carbocycles. The molecule has 0 unspecified atom stereocenters. The third-order valence-electron chi connectivity index (χ3n) is 6.92. The fourth-order valence-electron chi connectivity index (χ4n) is 4.21. The van der Waals surface area contributed by atoms with Crippen LogP contribution in [-0.2, 0) is 16.2 Å². The smallest absolute Gasteiger partial charge is 0.253 e. The Bertz CT molecular complexity index is 1690. The number of aromatic nitrogens is 1. The molecule has 4 rings (SSSR count). The van der Waals surface area contributed by atoms with Crippen molar-refractivity contribution in [2.75, 3.05) is 32.1 Å². The minimum absolute atomic E-state index is 0.0637. The van der Waals surface area contributed by atoms with Crippen molar-refractivity contribution in [2.45, 2.75) is 20.5 Å². The van der Waals surface area contributed by atoms with E-state index in [1.165, 1.54) is 11.0 Å². The maximum Gasteiger partial charge on any atom is 0.253 e. The van der Waals surface area contributed by atoms with E-state index in [1.807, 2.05) is 44.2 Å². The van der Waals surface area contributed by atoms with Gasteiger partial charge in [0.2, 0.25) is 11.8 Å². The molecule has 222 valence electrons. The molecule has 0 radical (unpaired) electrons. The van der Waals surface area contributed by atoms with E-state index in [1.54, 1.807) is 61.5 Å². The van der Waals surface area contributed by atoms with Gasteiger partial charge < -0.3 is 19.9 Å². The fraction of sp³-hybridized carbons (Fsp3) is 0.212. The van der Waals surface area contributed by atoms with Gasteiger partial charge in [-0.05, 0) is 61.9 Å². The predicted molar refractivity (Wildman–Crippen MR) is 172 cm³/mol. The van der Waals surface area contributed by atoms with Crippen molar-refractivity contribution >= 4 is 63.6 Å². The van der Waals surface area contributed by atoms with Crippen LogP contribution in [0.1, 0.15) is 34.1 Å². The number of nitrogens with one attached hydrogen (secondary N) is 1. The van der Waals surface area contributed by atoms with Crippen LogP contribution in [0.5, 0.6) is 5.75 Å². The monoisotopic (exact) mass is 618 g/mol. The summed E-state index contributed by atoms with van der Waals surface area (Å²) in [4.78, 5) is 45.1. The zero-order valence-corrected chi connectivity index (χ0v) is 25.9. The Hall–Kier alpha value is -4.40. The topological polar surface area (TPSA) is 91.8 Å². The summed E-state index contributed by atoms with van der Waals surface area (Å²) in [6.45, 7) is 4.24. The van der Waals surface area contributed by atoms with Crippen molar-refractivity contribution in [2.24, 2.45) is 0 Å². The second-order valence-corrected chi connectivity index (χ2v) is 10.7. The van der Waals surface area contributed by atoms with Gasteiger partial charge in [-0.2, -0.15) is 0 Å². The molecule has 3 amide bonds. The van der Waals surface area contributed by atoms with Gasteiger partial charge in [-0.25, -0.2) is 4.98 Å². The van der Waals surface area contributed by atoms with Crippen molar-refractivity contribution in [3.63, 3.8) is 0 Å². The average Bonchev–Trinajstić information content (AvgIpc) is 3.01. The number of benzene rings is 3. The van der Waals surface area contributed by atoms with Gasteiger partial charge in [0.05, 0.1) is 17.3 Å². The van der Waals surface area contributed by atoms with E-state index in [2.05, 4.69) is 10.3 Å². The van der Waals surface area contributed by atoms with E-state index in [9.17, 15) is 14.4 Å². The number of pyridine rings is 1. The molecule has 0 aliphatic heterocycles. The predicted octanol–water partition coefficient (Wildman–Crippen LogP) is 6.31. The highest BCUT2D eigenvalue weighted by Gasteiger charge is 2.19. The summed E-state index contributed by atoms with van der Waals surface area (Å²) in [5, 5.41) is 4.20. The molecule has 1 heterocycles. The molecule has 43 heavy (non-hydrogen) atoms. The third kappa shape index (κ3) is 7.71. The molecule has 4 aromatic rings. The van der Waals surface area contributed by atoms with E-state index in [0.717, 1.165) is 22.2 Å². The van der Waals surface area contributed by atoms with Gasteiger partial charge in [-0.15, -0.1) is 0 Å². The largest absolute Gasteiger partial charge is 0.487 e. The maximum atomic E-state index is 12.9. The molecule has 8 nitrogen and oxygen atoms in total. The zero-order valence-electron chi connectivity index (χ0n) is 24.4. The van der Waals surface area contributed by atoms with Crippen LogP contribution >= 0.6 is 23.2 Å². The van der Waals surface area contributed by atoms with Crippen LogP contribution in [0.2, 0.25) is 10.0 Å². The number of anilines is 1. The number of likely N-dealkylation sites (N-methyl/N-ethyl adjacent to an activating group) is 1. The van der Waals surface area contributed by atoms with E-state index in [-0.39, 0.29) is 30.0 Å². The number of nitrogens with zero attached hydrogens (tertiary/aromatic N) is 3. The Labute approximate surface area is 260 Å². The first-order valence-electron chi connectivity index (χ1n) is 13.6. The summed E-state index contributed by atoms with van der Waals surface area (Å²) in [5.74, 6) is -0.305. The lowest BCUT2D eigenvalue weighted by atomic mass is 10.1. The number of ether oxygens (including phenoxy) is 1. The first-order valence-corrected chi connectivity index (χ1v) is 14.4. The van der Waals surface area contributed by atoms with Gasteiger partial charge in [-0.3, -0.25) is 14.4 Å². The molecule has 0 aliphatic carbocycles. The number of rotatable bonds is 10. The van der Waals surface area contributed by atoms with Gasteiger partial charge in [0.25, 0.3) is 5.91 Å². The third-order valence-corrected chi connectivity index (χ3v) is 7.69. The highest BCUT2D eigenvalue weighted by Crippen LogP contribution is 2.35. The first kappa shape index (κ1) is 31.5. The van der Waals surface area contributed by atoms with Crippen LogP contribution in [0.25, 0.3) is 17.0 Å². The number of amides is 3. The summed E-state index contributed by atoms with van der Waals surface area (Å²) >= 11 is 13.2. The quantitative estimate of drug-likeness (QED) is 0.210. The Morgan fingerprint density at radius 3 is 2.44 bits per heavy atom. The minimum atomic E-state index is -0.442. The summed E-state index contributed by atoms with van der Waals surface area (Å²) in [7, 11) is 3.31. The van der Waals surface area contributed by atoms with Crippen molar-refractivity contribution in [1.29, 1.82) is 0 Å². The van der Waals surface area contributed by atoms with Crippen molar-refractivity contribution in [3.05, 3.63) is 105 Å². The lowest BCUT2D eigenvalue weighted by molar-refractivity contribution is -0.122. The van der Waals surface area contributed by atoms with Gasteiger partial charge in [-0.1, -0.05) is 53.5 Å². The van der Waals surface area contributed by atoms with Gasteiger partial charge >= 0.3 is 0 Å². The normalized spacial score (nSPS) is 11.0. The molecule has 1 aromatic heterocycles. The standard InChI is InChI=1S/C33H32Cl2N4O4/c1-5-38(3)33(42)24-14-10-22(11-15-24)12-18-29(40)36-19-30(41)39(4)27-17-16-26(34)25(31(27)35)20-43-28-8-6-7-23-13-9-21(2)37-32(23)28/h6-18H,5,19-20H2,1-4H3,(H,36,40). The van der Waals surface area contributed by atoms with E-state index < -0.39 is 5.91 Å². The number of hydrogen-bond acceptors (Lipinski definition) is 5. The molecule has 0 atom stereocenters. The minimum Gasteiger partial charge on any atom is -0.487 e. The molecule has 0 spiro atoms. The molecule has 1 N–H and O–H groups in total. The molecule has 0 bridgehead atoms. The average molecular weight is 620 g/mol. The van der Waals surface area contributed by atoms with Crippen LogP contribution in [0.15, 0.2) is 72.8 Å². The molecule has 10 heteroatoms. The van der Waals surface area contributed by atoms with E-state index in [4.69, 9.17) is 27.9 Å². The summed E-state index contributed by atoms with van der Waals surface area (Å²) in [6, 6.07) is 19.8. The van der Waals surface area contributed by atoms with Crippen LogP contribution < -0.4 is 15.0 Å². The van der Waals surface area contributed by atoms with Crippen LogP contribution in [0.3, 0.4) is 0 Å². The molecule has 0 aliphatic rings. The second kappa shape index (κ2) is 14.2. The van der Waals surface area contributed by atoms with E-state index >= 15 is 0 Å². The summed E-state index contributed by atoms with van der Waals surface area (Å²) in [5.41, 5.74) is 3.85. The fourth-order valence-corrected chi connectivity index (χ4v) is 4.81. The Balaban J connectivity index is 1.37. The van der Waals surface area contributed by atoms with Gasteiger partial charge in [0.15, 0.2) is 0 Å². The summed E-state index contributed by atoms with van der Waals surface area (Å²) in [6.07, 6.45) is 2.94.